The fourth-order valence-electron chi connectivity index (χ4n) is 7.75. The van der Waals surface area contributed by atoms with Crippen LogP contribution in [0.1, 0.15) is 0 Å². The van der Waals surface area contributed by atoms with Crippen LogP contribution >= 0.6 is 11.3 Å². The maximum atomic E-state index is 6.54. The number of benzene rings is 8. The lowest BCUT2D eigenvalue weighted by Crippen LogP contribution is -2.00. The molecule has 0 spiro atoms. The van der Waals surface area contributed by atoms with Crippen molar-refractivity contribution >= 4 is 64.2 Å². The highest BCUT2D eigenvalue weighted by molar-refractivity contribution is 7.25. The van der Waals surface area contributed by atoms with Crippen molar-refractivity contribution in [3.8, 4) is 56.4 Å². The molecule has 0 atom stereocenters. The van der Waals surface area contributed by atoms with E-state index in [9.17, 15) is 0 Å². The summed E-state index contributed by atoms with van der Waals surface area (Å²) >= 11 is 1.79. The maximum absolute atomic E-state index is 6.54. The second-order valence-electron chi connectivity index (χ2n) is 13.6. The Balaban J connectivity index is 1.12. The van der Waals surface area contributed by atoms with Crippen molar-refractivity contribution in [1.29, 1.82) is 0 Å². The van der Waals surface area contributed by atoms with Crippen molar-refractivity contribution in [2.24, 2.45) is 0 Å². The van der Waals surface area contributed by atoms with Crippen LogP contribution in [0.5, 0.6) is 0 Å². The molecule has 0 bridgehead atoms. The van der Waals surface area contributed by atoms with Gasteiger partial charge in [-0.1, -0.05) is 133 Å². The highest BCUT2D eigenvalue weighted by Gasteiger charge is 2.19. The van der Waals surface area contributed by atoms with Crippen LogP contribution in [-0.4, -0.2) is 15.0 Å². The average molecular weight is 708 g/mol. The van der Waals surface area contributed by atoms with E-state index < -0.39 is 0 Å². The van der Waals surface area contributed by atoms with Crippen LogP contribution in [0.4, 0.5) is 0 Å². The van der Waals surface area contributed by atoms with Crippen molar-refractivity contribution in [2.75, 3.05) is 0 Å². The number of hydrogen-bond donors (Lipinski definition) is 0. The van der Waals surface area contributed by atoms with Crippen molar-refractivity contribution in [3.05, 3.63) is 176 Å². The first-order chi connectivity index (χ1) is 26.7. The Hall–Kier alpha value is -6.95. The van der Waals surface area contributed by atoms with Crippen LogP contribution in [0.2, 0.25) is 0 Å². The monoisotopic (exact) mass is 707 g/mol. The molecule has 0 unspecified atom stereocenters. The normalized spacial score (nSPS) is 11.7. The summed E-state index contributed by atoms with van der Waals surface area (Å²) in [6, 6.07) is 61.6. The topological polar surface area (TPSA) is 51.8 Å². The van der Waals surface area contributed by atoms with Gasteiger partial charge in [0, 0.05) is 47.6 Å². The van der Waals surface area contributed by atoms with Crippen molar-refractivity contribution < 1.29 is 4.42 Å². The molecule has 8 aromatic carbocycles. The zero-order valence-corrected chi connectivity index (χ0v) is 29.7. The van der Waals surface area contributed by atoms with Gasteiger partial charge in [-0.15, -0.1) is 11.3 Å². The number of thiophene rings is 1. The smallest absolute Gasteiger partial charge is 0.164 e. The summed E-state index contributed by atoms with van der Waals surface area (Å²) in [5.74, 6) is 1.91. The van der Waals surface area contributed by atoms with Gasteiger partial charge in [0.15, 0.2) is 17.5 Å². The van der Waals surface area contributed by atoms with Gasteiger partial charge in [0.2, 0.25) is 0 Å². The first kappa shape index (κ1) is 30.7. The Bertz CT molecular complexity index is 3230. The van der Waals surface area contributed by atoms with Crippen molar-refractivity contribution in [1.82, 2.24) is 15.0 Å². The summed E-state index contributed by atoms with van der Waals surface area (Å²) in [7, 11) is 0. The predicted octanol–water partition coefficient (Wildman–Crippen LogP) is 13.6. The van der Waals surface area contributed by atoms with Crippen molar-refractivity contribution in [3.63, 3.8) is 0 Å². The van der Waals surface area contributed by atoms with Gasteiger partial charge in [-0.2, -0.15) is 0 Å². The van der Waals surface area contributed by atoms with E-state index in [2.05, 4.69) is 146 Å². The van der Waals surface area contributed by atoms with Gasteiger partial charge in [-0.25, -0.2) is 15.0 Å². The summed E-state index contributed by atoms with van der Waals surface area (Å²) in [6.07, 6.45) is 0. The number of rotatable bonds is 5. The van der Waals surface area contributed by atoms with E-state index in [-0.39, 0.29) is 0 Å². The van der Waals surface area contributed by atoms with Crippen molar-refractivity contribution in [2.45, 2.75) is 0 Å². The Morgan fingerprint density at radius 2 is 1.04 bits per heavy atom. The predicted molar refractivity (Wildman–Crippen MR) is 225 cm³/mol. The minimum atomic E-state index is 0.622. The molecule has 3 heterocycles. The Labute approximate surface area is 314 Å². The summed E-state index contributed by atoms with van der Waals surface area (Å²) in [5, 5.41) is 6.97. The molecule has 0 aliphatic rings. The molecular formula is C49H29N3OS. The number of fused-ring (bicyclic) bond motifs is 7. The third-order valence-corrected chi connectivity index (χ3v) is 11.4. The molecule has 54 heavy (non-hydrogen) atoms. The maximum Gasteiger partial charge on any atom is 0.164 e. The molecule has 11 aromatic rings. The fourth-order valence-corrected chi connectivity index (χ4v) is 8.88. The third-order valence-electron chi connectivity index (χ3n) is 10.3. The van der Waals surface area contributed by atoms with E-state index >= 15 is 0 Å². The number of hydrogen-bond acceptors (Lipinski definition) is 5. The molecular weight excluding hydrogens is 679 g/mol. The Morgan fingerprint density at radius 1 is 0.352 bits per heavy atom. The average Bonchev–Trinajstić information content (AvgIpc) is 3.82. The van der Waals surface area contributed by atoms with E-state index in [4.69, 9.17) is 19.4 Å². The lowest BCUT2D eigenvalue weighted by Gasteiger charge is -2.12. The molecule has 0 N–H and O–H groups in total. The highest BCUT2D eigenvalue weighted by atomic mass is 32.1. The fraction of sp³-hybridized carbons (Fsp3) is 0. The zero-order valence-electron chi connectivity index (χ0n) is 28.9. The van der Waals surface area contributed by atoms with Gasteiger partial charge in [-0.05, 0) is 75.5 Å². The van der Waals surface area contributed by atoms with Gasteiger partial charge in [0.1, 0.15) is 11.2 Å². The summed E-state index contributed by atoms with van der Waals surface area (Å²) in [6.45, 7) is 0. The number of para-hydroxylation sites is 1. The van der Waals surface area contributed by atoms with Crippen LogP contribution < -0.4 is 0 Å². The van der Waals surface area contributed by atoms with Gasteiger partial charge in [-0.3, -0.25) is 0 Å². The van der Waals surface area contributed by atoms with Gasteiger partial charge >= 0.3 is 0 Å². The molecule has 4 nitrogen and oxygen atoms in total. The molecule has 252 valence electrons. The van der Waals surface area contributed by atoms with Gasteiger partial charge in [0.25, 0.3) is 0 Å². The summed E-state index contributed by atoms with van der Waals surface area (Å²) in [4.78, 5) is 15.5. The summed E-state index contributed by atoms with van der Waals surface area (Å²) < 4.78 is 8.99. The highest BCUT2D eigenvalue weighted by Crippen LogP contribution is 2.42. The lowest BCUT2D eigenvalue weighted by molar-refractivity contribution is 0.669. The second kappa shape index (κ2) is 12.3. The molecule has 0 saturated heterocycles. The molecule has 5 heteroatoms. The van der Waals surface area contributed by atoms with Crippen LogP contribution in [0.25, 0.3) is 109 Å². The first-order valence-corrected chi connectivity index (χ1v) is 18.8. The molecule has 0 aliphatic carbocycles. The van der Waals surface area contributed by atoms with Crippen LogP contribution in [-0.2, 0) is 0 Å². The van der Waals surface area contributed by atoms with E-state index in [0.29, 0.717) is 17.5 Å². The summed E-state index contributed by atoms with van der Waals surface area (Å²) in [5.41, 5.74) is 8.95. The number of nitrogens with zero attached hydrogens (tertiary/aromatic N) is 3. The molecule has 11 rings (SSSR count). The van der Waals surface area contributed by atoms with E-state index in [0.717, 1.165) is 60.9 Å². The molecule has 0 aliphatic heterocycles. The third kappa shape index (κ3) is 5.09. The van der Waals surface area contributed by atoms with Gasteiger partial charge in [0.05, 0.1) is 0 Å². The van der Waals surface area contributed by atoms with Crippen LogP contribution in [0.15, 0.2) is 180 Å². The Morgan fingerprint density at radius 3 is 1.94 bits per heavy atom. The minimum Gasteiger partial charge on any atom is -0.456 e. The van der Waals surface area contributed by atoms with Crippen LogP contribution in [0, 0.1) is 0 Å². The minimum absolute atomic E-state index is 0.622. The molecule has 0 saturated carbocycles. The number of aromatic nitrogens is 3. The molecule has 0 amide bonds. The second-order valence-corrected chi connectivity index (χ2v) is 14.7. The Kier molecular flexibility index (Phi) is 7.00. The lowest BCUT2D eigenvalue weighted by atomic mass is 9.93. The standard InChI is InChI=1S/C49H29N3OS/c1-2-13-31(14-3-1)47-50-48(52-49(51-47)39-20-11-23-44-46(39)38-19-7-9-22-43(38)54-44)35-17-10-16-34(27-35)40-28-36(33-25-24-30-12-4-5-15-32(30)26-33)29-42-45(40)37-18-6-8-21-41(37)53-42/h1-29H. The molecule has 3 aromatic heterocycles. The largest absolute Gasteiger partial charge is 0.456 e. The number of furan rings is 1. The molecule has 0 fully saturated rings. The quantitative estimate of drug-likeness (QED) is 0.179. The van der Waals surface area contributed by atoms with Crippen LogP contribution in [0.3, 0.4) is 0 Å². The van der Waals surface area contributed by atoms with E-state index in [1.54, 1.807) is 11.3 Å². The van der Waals surface area contributed by atoms with Gasteiger partial charge < -0.3 is 4.42 Å². The zero-order chi connectivity index (χ0) is 35.6. The SMILES string of the molecule is c1ccc(-c2nc(-c3cccc(-c4cc(-c5ccc6ccccc6c5)cc5oc6ccccc6c45)c3)nc(-c3cccc4sc5ccccc5c34)n2)cc1. The molecule has 0 radical (unpaired) electrons. The van der Waals surface area contributed by atoms with E-state index in [1.165, 1.54) is 30.9 Å². The first-order valence-electron chi connectivity index (χ1n) is 18.0. The van der Waals surface area contributed by atoms with E-state index in [1.807, 2.05) is 30.3 Å².